The third-order valence-corrected chi connectivity index (χ3v) is 3.17. The first kappa shape index (κ1) is 12.4. The molecule has 0 aliphatic rings. The molecule has 4 nitrogen and oxygen atoms in total. The highest BCUT2D eigenvalue weighted by atomic mass is 16.5. The first-order chi connectivity index (χ1) is 9.88. The number of aromatic nitrogens is 2. The highest BCUT2D eigenvalue weighted by Crippen LogP contribution is 2.29. The third kappa shape index (κ3) is 2.40. The Morgan fingerprint density at radius 3 is 2.80 bits per heavy atom. The van der Waals surface area contributed by atoms with Gasteiger partial charge in [-0.25, -0.2) is 4.98 Å². The van der Waals surface area contributed by atoms with E-state index in [4.69, 9.17) is 4.74 Å². The summed E-state index contributed by atoms with van der Waals surface area (Å²) in [6.45, 7) is 0.692. The van der Waals surface area contributed by atoms with Crippen LogP contribution in [0, 0.1) is 0 Å². The smallest absolute Gasteiger partial charge is 0.134 e. The second kappa shape index (κ2) is 5.57. The summed E-state index contributed by atoms with van der Waals surface area (Å²) in [6.07, 6.45) is 5.40. The van der Waals surface area contributed by atoms with Gasteiger partial charge in [-0.1, -0.05) is 18.2 Å². The number of nitrogens with zero attached hydrogens (tertiary/aromatic N) is 2. The van der Waals surface area contributed by atoms with E-state index in [1.54, 1.807) is 19.5 Å². The zero-order valence-electron chi connectivity index (χ0n) is 11.2. The van der Waals surface area contributed by atoms with Crippen molar-refractivity contribution in [1.29, 1.82) is 0 Å². The Morgan fingerprint density at radius 1 is 1.05 bits per heavy atom. The summed E-state index contributed by atoms with van der Waals surface area (Å²) < 4.78 is 5.38. The summed E-state index contributed by atoms with van der Waals surface area (Å²) in [5.74, 6) is 1.71. The van der Waals surface area contributed by atoms with Crippen LogP contribution in [-0.4, -0.2) is 17.1 Å². The van der Waals surface area contributed by atoms with Crippen molar-refractivity contribution in [2.24, 2.45) is 0 Å². The molecule has 0 saturated heterocycles. The molecule has 0 amide bonds. The van der Waals surface area contributed by atoms with Crippen molar-refractivity contribution in [2.45, 2.75) is 6.54 Å². The molecular weight excluding hydrogens is 250 g/mol. The lowest BCUT2D eigenvalue weighted by atomic mass is 10.1. The predicted octanol–water partition coefficient (Wildman–Crippen LogP) is 3.25. The van der Waals surface area contributed by atoms with Gasteiger partial charge in [0, 0.05) is 35.9 Å². The summed E-state index contributed by atoms with van der Waals surface area (Å²) in [7, 11) is 1.68. The lowest BCUT2D eigenvalue weighted by Crippen LogP contribution is -2.02. The van der Waals surface area contributed by atoms with Gasteiger partial charge in [-0.2, -0.15) is 0 Å². The van der Waals surface area contributed by atoms with Gasteiger partial charge in [0.25, 0.3) is 0 Å². The van der Waals surface area contributed by atoms with Crippen molar-refractivity contribution in [3.8, 4) is 5.75 Å². The summed E-state index contributed by atoms with van der Waals surface area (Å²) >= 11 is 0. The fourth-order valence-electron chi connectivity index (χ4n) is 2.19. The number of hydrogen-bond donors (Lipinski definition) is 1. The fourth-order valence-corrected chi connectivity index (χ4v) is 2.19. The van der Waals surface area contributed by atoms with Crippen LogP contribution in [0.1, 0.15) is 5.56 Å². The first-order valence-corrected chi connectivity index (χ1v) is 6.43. The van der Waals surface area contributed by atoms with E-state index in [-0.39, 0.29) is 0 Å². The molecule has 0 saturated carbocycles. The second-order valence-corrected chi connectivity index (χ2v) is 4.43. The molecule has 1 N–H and O–H groups in total. The average Bonchev–Trinajstić information content (AvgIpc) is 2.53. The van der Waals surface area contributed by atoms with Gasteiger partial charge in [0.1, 0.15) is 11.6 Å². The molecule has 3 rings (SSSR count). The summed E-state index contributed by atoms with van der Waals surface area (Å²) in [5, 5.41) is 5.45. The van der Waals surface area contributed by atoms with E-state index >= 15 is 0 Å². The van der Waals surface area contributed by atoms with Crippen molar-refractivity contribution >= 4 is 16.6 Å². The molecule has 0 unspecified atom stereocenters. The lowest BCUT2D eigenvalue weighted by molar-refractivity contribution is 0.420. The minimum Gasteiger partial charge on any atom is -0.496 e. The number of anilines is 1. The van der Waals surface area contributed by atoms with Gasteiger partial charge < -0.3 is 10.1 Å². The van der Waals surface area contributed by atoms with Crippen molar-refractivity contribution in [2.75, 3.05) is 12.4 Å². The molecule has 4 heteroatoms. The molecular formula is C16H15N3O. The Hall–Kier alpha value is -2.62. The first-order valence-electron chi connectivity index (χ1n) is 6.43. The molecule has 0 aliphatic carbocycles. The molecule has 20 heavy (non-hydrogen) atoms. The van der Waals surface area contributed by atoms with Crippen LogP contribution in [0.2, 0.25) is 0 Å². The zero-order chi connectivity index (χ0) is 13.8. The third-order valence-electron chi connectivity index (χ3n) is 3.17. The van der Waals surface area contributed by atoms with E-state index in [9.17, 15) is 0 Å². The quantitative estimate of drug-likeness (QED) is 0.786. The highest BCUT2D eigenvalue weighted by molar-refractivity contribution is 5.95. The normalized spacial score (nSPS) is 10.4. The van der Waals surface area contributed by atoms with Crippen LogP contribution in [-0.2, 0) is 6.54 Å². The van der Waals surface area contributed by atoms with Gasteiger partial charge in [0.2, 0.25) is 0 Å². The monoisotopic (exact) mass is 265 g/mol. The van der Waals surface area contributed by atoms with Crippen molar-refractivity contribution < 1.29 is 4.74 Å². The Labute approximate surface area is 117 Å². The number of benzene rings is 1. The molecule has 0 spiro atoms. The summed E-state index contributed by atoms with van der Waals surface area (Å²) in [5.41, 5.74) is 1.12. The largest absolute Gasteiger partial charge is 0.496 e. The number of methoxy groups -OCH3 is 1. The van der Waals surface area contributed by atoms with Crippen LogP contribution in [0.15, 0.2) is 55.0 Å². The minimum absolute atomic E-state index is 0.692. The molecule has 1 aromatic carbocycles. The number of rotatable bonds is 4. The van der Waals surface area contributed by atoms with Crippen LogP contribution in [0.25, 0.3) is 10.8 Å². The highest BCUT2D eigenvalue weighted by Gasteiger charge is 2.06. The van der Waals surface area contributed by atoms with E-state index in [1.165, 1.54) is 0 Å². The lowest BCUT2D eigenvalue weighted by Gasteiger charge is -2.10. The Balaban J connectivity index is 1.92. The molecule has 0 aliphatic heterocycles. The number of pyridine rings is 2. The van der Waals surface area contributed by atoms with E-state index < -0.39 is 0 Å². The Kier molecular flexibility index (Phi) is 3.46. The molecule has 0 bridgehead atoms. The molecule has 0 radical (unpaired) electrons. The van der Waals surface area contributed by atoms with E-state index in [0.29, 0.717) is 6.54 Å². The molecule has 0 fully saturated rings. The Morgan fingerprint density at radius 2 is 2.00 bits per heavy atom. The molecule has 2 aromatic heterocycles. The van der Waals surface area contributed by atoms with E-state index in [0.717, 1.165) is 27.9 Å². The standard InChI is InChI=1S/C16H15N3O/c1-20-15-6-2-5-14-13(15)7-9-18-16(14)19-11-12-4-3-8-17-10-12/h2-10H,11H2,1H3,(H,18,19). The summed E-state index contributed by atoms with van der Waals surface area (Å²) in [6, 6.07) is 11.9. The maximum absolute atomic E-state index is 5.38. The van der Waals surface area contributed by atoms with Crippen LogP contribution in [0.5, 0.6) is 5.75 Å². The van der Waals surface area contributed by atoms with E-state index in [1.807, 2.05) is 42.6 Å². The van der Waals surface area contributed by atoms with Gasteiger partial charge in [-0.05, 0) is 23.8 Å². The van der Waals surface area contributed by atoms with Crippen molar-refractivity contribution in [3.63, 3.8) is 0 Å². The van der Waals surface area contributed by atoms with Crippen molar-refractivity contribution in [1.82, 2.24) is 9.97 Å². The van der Waals surface area contributed by atoms with Gasteiger partial charge >= 0.3 is 0 Å². The maximum Gasteiger partial charge on any atom is 0.134 e. The molecule has 3 aromatic rings. The number of fused-ring (bicyclic) bond motifs is 1. The molecule has 2 heterocycles. The number of hydrogen-bond acceptors (Lipinski definition) is 4. The molecule has 100 valence electrons. The summed E-state index contributed by atoms with van der Waals surface area (Å²) in [4.78, 5) is 8.52. The molecule has 0 atom stereocenters. The fraction of sp³-hybridized carbons (Fsp3) is 0.125. The average molecular weight is 265 g/mol. The predicted molar refractivity (Wildman–Crippen MR) is 79.9 cm³/mol. The van der Waals surface area contributed by atoms with Gasteiger partial charge in [-0.15, -0.1) is 0 Å². The van der Waals surface area contributed by atoms with Crippen LogP contribution in [0.4, 0.5) is 5.82 Å². The van der Waals surface area contributed by atoms with Crippen LogP contribution >= 0.6 is 0 Å². The van der Waals surface area contributed by atoms with Gasteiger partial charge in [0.05, 0.1) is 7.11 Å². The number of nitrogens with one attached hydrogen (secondary N) is 1. The van der Waals surface area contributed by atoms with Crippen molar-refractivity contribution in [3.05, 3.63) is 60.6 Å². The zero-order valence-corrected chi connectivity index (χ0v) is 11.2. The van der Waals surface area contributed by atoms with Gasteiger partial charge in [-0.3, -0.25) is 4.98 Å². The minimum atomic E-state index is 0.692. The second-order valence-electron chi connectivity index (χ2n) is 4.43. The number of ether oxygens (including phenoxy) is 1. The maximum atomic E-state index is 5.38. The SMILES string of the molecule is COc1cccc2c(NCc3cccnc3)nccc12. The van der Waals surface area contributed by atoms with Crippen LogP contribution in [0.3, 0.4) is 0 Å². The topological polar surface area (TPSA) is 47.0 Å². The van der Waals surface area contributed by atoms with Gasteiger partial charge in [0.15, 0.2) is 0 Å². The van der Waals surface area contributed by atoms with Crippen LogP contribution < -0.4 is 10.1 Å². The Bertz CT molecular complexity index is 713. The van der Waals surface area contributed by atoms with E-state index in [2.05, 4.69) is 15.3 Å².